The van der Waals surface area contributed by atoms with Gasteiger partial charge < -0.3 is 14.2 Å². The number of esters is 1. The highest BCUT2D eigenvalue weighted by molar-refractivity contribution is 9.10. The molecule has 1 aliphatic heterocycles. The molecule has 0 radical (unpaired) electrons. The van der Waals surface area contributed by atoms with E-state index in [-0.39, 0.29) is 5.70 Å². The molecule has 5 nitrogen and oxygen atoms in total. The topological polar surface area (TPSA) is 57.1 Å². The first kappa shape index (κ1) is 21.8. The molecule has 0 saturated carbocycles. The van der Waals surface area contributed by atoms with Crippen molar-refractivity contribution < 1.29 is 19.0 Å². The Morgan fingerprint density at radius 3 is 2.53 bits per heavy atom. The highest BCUT2D eigenvalue weighted by Gasteiger charge is 2.25. The molecule has 0 bridgehead atoms. The zero-order valence-corrected chi connectivity index (χ0v) is 19.6. The largest absolute Gasteiger partial charge is 0.493 e. The van der Waals surface area contributed by atoms with E-state index < -0.39 is 5.97 Å². The van der Waals surface area contributed by atoms with Crippen LogP contribution in [0, 0.1) is 13.8 Å². The van der Waals surface area contributed by atoms with Gasteiger partial charge in [0.2, 0.25) is 5.90 Å². The average Bonchev–Trinajstić information content (AvgIpc) is 3.14. The molecular weight excluding hydrogens is 470 g/mol. The number of aliphatic imine (C=N–C) groups is 1. The van der Waals surface area contributed by atoms with Gasteiger partial charge in [-0.05, 0) is 70.7 Å². The van der Waals surface area contributed by atoms with Gasteiger partial charge in [-0.2, -0.15) is 0 Å². The van der Waals surface area contributed by atoms with Crippen LogP contribution in [-0.2, 0) is 16.1 Å². The van der Waals surface area contributed by atoms with Crippen molar-refractivity contribution in [2.24, 2.45) is 4.99 Å². The van der Waals surface area contributed by atoms with Gasteiger partial charge in [0.25, 0.3) is 0 Å². The van der Waals surface area contributed by atoms with Crippen molar-refractivity contribution in [3.8, 4) is 11.5 Å². The van der Waals surface area contributed by atoms with Crippen molar-refractivity contribution >= 4 is 33.9 Å². The van der Waals surface area contributed by atoms with E-state index in [1.807, 2.05) is 68.4 Å². The molecule has 0 N–H and O–H groups in total. The van der Waals surface area contributed by atoms with Gasteiger partial charge in [0.1, 0.15) is 6.61 Å². The maximum atomic E-state index is 12.4. The average molecular weight is 492 g/mol. The molecule has 0 aromatic heterocycles. The molecule has 0 atom stereocenters. The first-order valence-corrected chi connectivity index (χ1v) is 10.9. The number of methoxy groups -OCH3 is 1. The Balaban J connectivity index is 1.59. The minimum absolute atomic E-state index is 0.227. The van der Waals surface area contributed by atoms with Crippen molar-refractivity contribution in [3.05, 3.63) is 98.7 Å². The lowest BCUT2D eigenvalue weighted by molar-refractivity contribution is -0.129. The van der Waals surface area contributed by atoms with E-state index in [9.17, 15) is 4.79 Å². The lowest BCUT2D eigenvalue weighted by Crippen LogP contribution is -2.06. The lowest BCUT2D eigenvalue weighted by Gasteiger charge is -2.14. The molecule has 162 valence electrons. The van der Waals surface area contributed by atoms with Crippen LogP contribution in [0.1, 0.15) is 27.8 Å². The van der Waals surface area contributed by atoms with Crippen LogP contribution in [0.25, 0.3) is 6.08 Å². The van der Waals surface area contributed by atoms with E-state index >= 15 is 0 Å². The third-order valence-electron chi connectivity index (χ3n) is 5.05. The molecule has 0 aliphatic carbocycles. The second-order valence-corrected chi connectivity index (χ2v) is 8.31. The van der Waals surface area contributed by atoms with E-state index in [2.05, 4.69) is 20.9 Å². The van der Waals surface area contributed by atoms with E-state index in [1.165, 1.54) is 5.56 Å². The molecule has 1 heterocycles. The summed E-state index contributed by atoms with van der Waals surface area (Å²) in [6, 6.07) is 19.5. The van der Waals surface area contributed by atoms with E-state index in [1.54, 1.807) is 19.3 Å². The Bertz CT molecular complexity index is 1230. The fraction of sp³-hybridized carbons (Fsp3) is 0.154. The number of carbonyl (C=O) groups excluding carboxylic acids is 1. The number of rotatable bonds is 6. The van der Waals surface area contributed by atoms with E-state index in [0.29, 0.717) is 28.5 Å². The number of ether oxygens (including phenoxy) is 3. The number of cyclic esters (lactones) is 1. The third-order valence-corrected chi connectivity index (χ3v) is 5.64. The van der Waals surface area contributed by atoms with Crippen LogP contribution in [-0.4, -0.2) is 19.0 Å². The number of hydrogen-bond donors (Lipinski definition) is 0. The summed E-state index contributed by atoms with van der Waals surface area (Å²) in [5, 5.41) is 0. The lowest BCUT2D eigenvalue weighted by atomic mass is 10.1. The summed E-state index contributed by atoms with van der Waals surface area (Å²) in [6.07, 6.45) is 1.67. The van der Waals surface area contributed by atoms with E-state index in [4.69, 9.17) is 14.2 Å². The number of benzene rings is 3. The van der Waals surface area contributed by atoms with Gasteiger partial charge >= 0.3 is 5.97 Å². The van der Waals surface area contributed by atoms with E-state index in [0.717, 1.165) is 22.3 Å². The van der Waals surface area contributed by atoms with Gasteiger partial charge in [0, 0.05) is 5.56 Å². The zero-order chi connectivity index (χ0) is 22.7. The molecule has 1 aliphatic rings. The first-order valence-electron chi connectivity index (χ1n) is 10.1. The quantitative estimate of drug-likeness (QED) is 0.313. The summed E-state index contributed by atoms with van der Waals surface area (Å²) in [5.74, 6) is 0.961. The molecule has 3 aromatic carbocycles. The Labute approximate surface area is 195 Å². The van der Waals surface area contributed by atoms with Gasteiger partial charge in [0.05, 0.1) is 11.6 Å². The minimum Gasteiger partial charge on any atom is -0.493 e. The second-order valence-electron chi connectivity index (χ2n) is 7.46. The molecule has 0 spiro atoms. The predicted molar refractivity (Wildman–Crippen MR) is 128 cm³/mol. The Morgan fingerprint density at radius 1 is 1.06 bits per heavy atom. The van der Waals surface area contributed by atoms with Crippen LogP contribution in [0.4, 0.5) is 0 Å². The fourth-order valence-electron chi connectivity index (χ4n) is 3.30. The molecule has 4 rings (SSSR count). The maximum absolute atomic E-state index is 12.4. The molecule has 0 unspecified atom stereocenters. The van der Waals surface area contributed by atoms with Crippen molar-refractivity contribution in [2.45, 2.75) is 20.5 Å². The maximum Gasteiger partial charge on any atom is 0.363 e. The predicted octanol–water partition coefficient (Wildman–Crippen LogP) is 6.00. The summed E-state index contributed by atoms with van der Waals surface area (Å²) in [5.41, 5.74) is 5.00. The van der Waals surface area contributed by atoms with Crippen LogP contribution in [0.3, 0.4) is 0 Å². The Kier molecular flexibility index (Phi) is 6.42. The van der Waals surface area contributed by atoms with Gasteiger partial charge in [-0.1, -0.05) is 48.0 Å². The SMILES string of the molecule is COc1cc(/C=C2\N=C(c3ccccc3C)OC2=O)cc(Br)c1OCc1ccc(C)cc1. The monoisotopic (exact) mass is 491 g/mol. The molecule has 0 saturated heterocycles. The van der Waals surface area contributed by atoms with Gasteiger partial charge in [-0.3, -0.25) is 0 Å². The molecular formula is C26H22BrNO4. The zero-order valence-electron chi connectivity index (χ0n) is 18.0. The number of hydrogen-bond acceptors (Lipinski definition) is 5. The number of carbonyl (C=O) groups is 1. The van der Waals surface area contributed by atoms with Crippen LogP contribution >= 0.6 is 15.9 Å². The normalized spacial score (nSPS) is 14.3. The van der Waals surface area contributed by atoms with Crippen LogP contribution in [0.2, 0.25) is 0 Å². The van der Waals surface area contributed by atoms with Crippen molar-refractivity contribution in [3.63, 3.8) is 0 Å². The molecule has 0 fully saturated rings. The van der Waals surface area contributed by atoms with Crippen LogP contribution in [0.5, 0.6) is 11.5 Å². The Morgan fingerprint density at radius 2 is 1.81 bits per heavy atom. The summed E-state index contributed by atoms with van der Waals surface area (Å²) in [6.45, 7) is 4.41. The number of nitrogens with zero attached hydrogens (tertiary/aromatic N) is 1. The Hall–Kier alpha value is -3.38. The number of halogens is 1. The smallest absolute Gasteiger partial charge is 0.363 e. The standard InChI is InChI=1S/C26H22BrNO4/c1-16-8-10-18(11-9-16)15-31-24-21(27)12-19(14-23(24)30-3)13-22-26(29)32-25(28-22)20-7-5-4-6-17(20)2/h4-14H,15H2,1-3H3/b22-13-. The summed E-state index contributed by atoms with van der Waals surface area (Å²) in [4.78, 5) is 16.8. The van der Waals surface area contributed by atoms with Crippen molar-refractivity contribution in [1.82, 2.24) is 0 Å². The molecule has 3 aromatic rings. The second kappa shape index (κ2) is 9.40. The van der Waals surface area contributed by atoms with Crippen LogP contribution in [0.15, 0.2) is 75.8 Å². The third kappa shape index (κ3) is 4.75. The first-order chi connectivity index (χ1) is 15.4. The minimum atomic E-state index is -0.488. The summed E-state index contributed by atoms with van der Waals surface area (Å²) < 4.78 is 17.7. The molecule has 6 heteroatoms. The molecule has 32 heavy (non-hydrogen) atoms. The van der Waals surface area contributed by atoms with Gasteiger partial charge in [-0.15, -0.1) is 0 Å². The fourth-order valence-corrected chi connectivity index (χ4v) is 3.87. The van der Waals surface area contributed by atoms with Gasteiger partial charge in [-0.25, -0.2) is 9.79 Å². The van der Waals surface area contributed by atoms with Crippen LogP contribution < -0.4 is 9.47 Å². The number of aryl methyl sites for hydroxylation is 2. The summed E-state index contributed by atoms with van der Waals surface area (Å²) >= 11 is 3.56. The highest BCUT2D eigenvalue weighted by atomic mass is 79.9. The summed E-state index contributed by atoms with van der Waals surface area (Å²) in [7, 11) is 1.58. The molecule has 0 amide bonds. The highest BCUT2D eigenvalue weighted by Crippen LogP contribution is 2.38. The van der Waals surface area contributed by atoms with Crippen molar-refractivity contribution in [2.75, 3.05) is 7.11 Å². The van der Waals surface area contributed by atoms with Crippen molar-refractivity contribution in [1.29, 1.82) is 0 Å². The van der Waals surface area contributed by atoms with Gasteiger partial charge in [0.15, 0.2) is 17.2 Å².